The summed E-state index contributed by atoms with van der Waals surface area (Å²) >= 11 is 0. The Hall–Kier alpha value is -4.28. The van der Waals surface area contributed by atoms with E-state index in [-0.39, 0.29) is 31.5 Å². The van der Waals surface area contributed by atoms with E-state index >= 15 is 0 Å². The van der Waals surface area contributed by atoms with Crippen molar-refractivity contribution < 1.29 is 38.1 Å². The second kappa shape index (κ2) is 14.9. The quantitative estimate of drug-likeness (QED) is 0.156. The van der Waals surface area contributed by atoms with Crippen molar-refractivity contribution in [3.8, 4) is 11.5 Å². The highest BCUT2D eigenvalue weighted by Crippen LogP contribution is 2.29. The van der Waals surface area contributed by atoms with Gasteiger partial charge in [0.1, 0.15) is 23.1 Å². The van der Waals surface area contributed by atoms with E-state index in [1.807, 2.05) is 0 Å². The lowest BCUT2D eigenvalue weighted by atomic mass is 10.1. The molecule has 2 aromatic carbocycles. The zero-order chi connectivity index (χ0) is 29.8. The minimum absolute atomic E-state index is 0.151. The average Bonchev–Trinajstić information content (AvgIpc) is 3.70. The number of unbranched alkanes of at least 4 members (excludes halogenated alkanes) is 1. The van der Waals surface area contributed by atoms with Crippen LogP contribution in [0, 0.1) is 0 Å². The van der Waals surface area contributed by atoms with E-state index in [4.69, 9.17) is 18.9 Å². The number of anilines is 2. The van der Waals surface area contributed by atoms with Crippen molar-refractivity contribution in [3.05, 3.63) is 48.5 Å². The molecule has 0 spiro atoms. The van der Waals surface area contributed by atoms with Crippen LogP contribution in [0.4, 0.5) is 21.0 Å². The van der Waals surface area contributed by atoms with Gasteiger partial charge in [0.25, 0.3) is 0 Å². The third kappa shape index (κ3) is 11.8. The summed E-state index contributed by atoms with van der Waals surface area (Å²) in [4.78, 5) is 49.8. The van der Waals surface area contributed by atoms with Gasteiger partial charge in [-0.2, -0.15) is 0 Å². The van der Waals surface area contributed by atoms with Gasteiger partial charge in [-0.15, -0.1) is 0 Å². The van der Waals surface area contributed by atoms with Crippen molar-refractivity contribution >= 4 is 35.4 Å². The van der Waals surface area contributed by atoms with E-state index in [9.17, 15) is 19.2 Å². The van der Waals surface area contributed by atoms with Gasteiger partial charge in [0.05, 0.1) is 24.1 Å². The number of ether oxygens (including phenoxy) is 4. The SMILES string of the molecule is CCOC(=O)NC(CCCCC(=O)Nc1ccccc1NC(=O)OC(C)(C)C)C(=O)Oc1cccc(OC2CC2)c1. The smallest absolute Gasteiger partial charge is 0.412 e. The lowest BCUT2D eigenvalue weighted by molar-refractivity contribution is -0.136. The monoisotopic (exact) mass is 569 g/mol. The van der Waals surface area contributed by atoms with Gasteiger partial charge in [0, 0.05) is 12.5 Å². The van der Waals surface area contributed by atoms with Crippen molar-refractivity contribution in [2.45, 2.75) is 84.0 Å². The fourth-order valence-electron chi connectivity index (χ4n) is 3.70. The fourth-order valence-corrected chi connectivity index (χ4v) is 3.70. The highest BCUT2D eigenvalue weighted by Gasteiger charge is 2.25. The topological polar surface area (TPSA) is 141 Å². The standard InChI is InChI=1S/C30H39N3O8/c1-5-38-28(36)33-25(27(35)40-22-12-10-11-21(19-22)39-20-17-18-20)15-8-9-16-26(34)31-23-13-6-7-14-24(23)32-29(37)41-30(2,3)4/h6-7,10-14,19-20,25H,5,8-9,15-18H2,1-4H3,(H,31,34)(H,32,37)(H,33,36). The minimum Gasteiger partial charge on any atom is -0.490 e. The molecule has 41 heavy (non-hydrogen) atoms. The molecule has 11 nitrogen and oxygen atoms in total. The van der Waals surface area contributed by atoms with E-state index in [0.29, 0.717) is 35.7 Å². The zero-order valence-electron chi connectivity index (χ0n) is 24.0. The largest absolute Gasteiger partial charge is 0.490 e. The van der Waals surface area contributed by atoms with Crippen LogP contribution in [0.5, 0.6) is 11.5 Å². The molecule has 1 aliphatic rings. The van der Waals surface area contributed by atoms with Gasteiger partial charge < -0.3 is 29.6 Å². The number of hydrogen-bond donors (Lipinski definition) is 3. The number of para-hydroxylation sites is 2. The molecule has 3 rings (SSSR count). The van der Waals surface area contributed by atoms with E-state index in [1.165, 1.54) is 0 Å². The average molecular weight is 570 g/mol. The molecule has 1 aliphatic carbocycles. The van der Waals surface area contributed by atoms with Gasteiger partial charge in [0.2, 0.25) is 5.91 Å². The summed E-state index contributed by atoms with van der Waals surface area (Å²) in [7, 11) is 0. The van der Waals surface area contributed by atoms with E-state index in [0.717, 1.165) is 12.8 Å². The molecule has 0 saturated heterocycles. The van der Waals surface area contributed by atoms with Crippen molar-refractivity contribution in [2.75, 3.05) is 17.2 Å². The number of carbonyl (C=O) groups excluding carboxylic acids is 4. The first-order valence-corrected chi connectivity index (χ1v) is 13.8. The van der Waals surface area contributed by atoms with Gasteiger partial charge in [-0.1, -0.05) is 24.6 Å². The van der Waals surface area contributed by atoms with E-state index in [2.05, 4.69) is 16.0 Å². The van der Waals surface area contributed by atoms with Gasteiger partial charge in [0.15, 0.2) is 0 Å². The molecule has 3 N–H and O–H groups in total. The maximum Gasteiger partial charge on any atom is 0.412 e. The first kappa shape index (κ1) is 31.3. The maximum absolute atomic E-state index is 12.9. The highest BCUT2D eigenvalue weighted by atomic mass is 16.6. The van der Waals surface area contributed by atoms with Crippen molar-refractivity contribution in [1.29, 1.82) is 0 Å². The Bertz CT molecular complexity index is 1210. The summed E-state index contributed by atoms with van der Waals surface area (Å²) in [5.41, 5.74) is 0.174. The molecule has 1 atom stereocenters. The predicted octanol–water partition coefficient (Wildman–Crippen LogP) is 5.79. The van der Waals surface area contributed by atoms with Gasteiger partial charge in [-0.3, -0.25) is 10.1 Å². The number of alkyl carbamates (subject to hydrolysis) is 1. The molecular weight excluding hydrogens is 530 g/mol. The van der Waals surface area contributed by atoms with Crippen LogP contribution < -0.4 is 25.4 Å². The molecule has 1 saturated carbocycles. The number of carbonyl (C=O) groups is 4. The first-order valence-electron chi connectivity index (χ1n) is 13.8. The van der Waals surface area contributed by atoms with Crippen molar-refractivity contribution in [3.63, 3.8) is 0 Å². The summed E-state index contributed by atoms with van der Waals surface area (Å²) in [6.45, 7) is 7.09. The number of nitrogens with one attached hydrogen (secondary N) is 3. The van der Waals surface area contributed by atoms with E-state index < -0.39 is 29.8 Å². The van der Waals surface area contributed by atoms with Gasteiger partial charge in [-0.05, 0) is 77.6 Å². The minimum atomic E-state index is -0.969. The second-order valence-corrected chi connectivity index (χ2v) is 10.6. The lowest BCUT2D eigenvalue weighted by Gasteiger charge is -2.20. The first-order chi connectivity index (χ1) is 19.5. The summed E-state index contributed by atoms with van der Waals surface area (Å²) in [5.74, 6) is 0.00467. The Labute approximate surface area is 240 Å². The van der Waals surface area contributed by atoms with Crippen LogP contribution in [-0.2, 0) is 19.1 Å². The third-order valence-electron chi connectivity index (χ3n) is 5.69. The molecule has 0 aromatic heterocycles. The summed E-state index contributed by atoms with van der Waals surface area (Å²) in [6.07, 6.45) is 2.12. The summed E-state index contributed by atoms with van der Waals surface area (Å²) in [6, 6.07) is 12.6. The summed E-state index contributed by atoms with van der Waals surface area (Å²) < 4.78 is 21.5. The molecule has 0 bridgehead atoms. The van der Waals surface area contributed by atoms with Crippen molar-refractivity contribution in [2.24, 2.45) is 0 Å². The third-order valence-corrected chi connectivity index (χ3v) is 5.69. The van der Waals surface area contributed by atoms with Crippen LogP contribution in [0.3, 0.4) is 0 Å². The van der Waals surface area contributed by atoms with Crippen LogP contribution in [0.2, 0.25) is 0 Å². The number of benzene rings is 2. The molecule has 11 heteroatoms. The summed E-state index contributed by atoms with van der Waals surface area (Å²) in [5, 5.41) is 7.98. The normalized spacial score (nSPS) is 13.4. The Morgan fingerprint density at radius 1 is 0.902 bits per heavy atom. The van der Waals surface area contributed by atoms with Crippen LogP contribution >= 0.6 is 0 Å². The van der Waals surface area contributed by atoms with Crippen LogP contribution in [0.1, 0.15) is 66.2 Å². The number of esters is 1. The predicted molar refractivity (Wildman–Crippen MR) is 153 cm³/mol. The maximum atomic E-state index is 12.9. The van der Waals surface area contributed by atoms with Crippen molar-refractivity contribution in [1.82, 2.24) is 5.32 Å². The zero-order valence-corrected chi connectivity index (χ0v) is 24.0. The van der Waals surface area contributed by atoms with Crippen LogP contribution in [0.25, 0.3) is 0 Å². The molecule has 0 radical (unpaired) electrons. The molecular formula is C30H39N3O8. The Kier molecular flexibility index (Phi) is 11.4. The molecule has 1 fully saturated rings. The molecule has 222 valence electrons. The molecule has 0 heterocycles. The lowest BCUT2D eigenvalue weighted by Crippen LogP contribution is -2.43. The van der Waals surface area contributed by atoms with Gasteiger partial charge >= 0.3 is 18.2 Å². The molecule has 1 unspecified atom stereocenters. The number of hydrogen-bond acceptors (Lipinski definition) is 8. The Morgan fingerprint density at radius 3 is 2.24 bits per heavy atom. The van der Waals surface area contributed by atoms with Crippen LogP contribution in [0.15, 0.2) is 48.5 Å². The van der Waals surface area contributed by atoms with E-state index in [1.54, 1.807) is 76.2 Å². The molecule has 0 aliphatic heterocycles. The fraction of sp³-hybridized carbons (Fsp3) is 0.467. The second-order valence-electron chi connectivity index (χ2n) is 10.6. The number of rotatable bonds is 13. The number of amides is 3. The van der Waals surface area contributed by atoms with Gasteiger partial charge in [-0.25, -0.2) is 14.4 Å². The highest BCUT2D eigenvalue weighted by molar-refractivity contribution is 5.97. The Balaban J connectivity index is 1.51. The Morgan fingerprint density at radius 2 is 1.59 bits per heavy atom. The van der Waals surface area contributed by atoms with Crippen LogP contribution in [-0.4, -0.2) is 48.4 Å². The molecule has 3 amide bonds. The molecule has 2 aromatic rings.